The Morgan fingerprint density at radius 2 is 1.84 bits per heavy atom. The van der Waals surface area contributed by atoms with Crippen LogP contribution in [0.2, 0.25) is 0 Å². The number of phenols is 1. The van der Waals surface area contributed by atoms with E-state index in [-0.39, 0.29) is 23.7 Å². The summed E-state index contributed by atoms with van der Waals surface area (Å²) < 4.78 is 15.7. The number of methoxy groups -OCH3 is 2. The van der Waals surface area contributed by atoms with Crippen LogP contribution in [0.1, 0.15) is 29.4 Å². The van der Waals surface area contributed by atoms with Gasteiger partial charge in [-0.3, -0.25) is 9.59 Å². The molecule has 0 bridgehead atoms. The molecule has 3 aromatic rings. The van der Waals surface area contributed by atoms with Gasteiger partial charge in [-0.1, -0.05) is 24.3 Å². The van der Waals surface area contributed by atoms with Crippen LogP contribution in [0.3, 0.4) is 0 Å². The van der Waals surface area contributed by atoms with E-state index in [1.54, 1.807) is 6.07 Å². The number of hydrogen-bond acceptors (Lipinski definition) is 8. The maximum Gasteiger partial charge on any atom is 0.306 e. The number of hydrogen-bond donors (Lipinski definition) is 2. The van der Waals surface area contributed by atoms with Gasteiger partial charge in [0.2, 0.25) is 11.2 Å². The third kappa shape index (κ3) is 5.40. The lowest BCUT2D eigenvalue weighted by Gasteiger charge is -2.18. The van der Waals surface area contributed by atoms with Crippen LogP contribution < -0.4 is 10.2 Å². The van der Waals surface area contributed by atoms with Gasteiger partial charge in [0.05, 0.1) is 32.3 Å². The van der Waals surface area contributed by atoms with E-state index in [2.05, 4.69) is 0 Å². The molecule has 2 aromatic carbocycles. The van der Waals surface area contributed by atoms with E-state index in [0.717, 1.165) is 4.90 Å². The summed E-state index contributed by atoms with van der Waals surface area (Å²) in [5, 5.41) is 20.6. The van der Waals surface area contributed by atoms with Gasteiger partial charge in [0.1, 0.15) is 5.76 Å². The molecule has 0 spiro atoms. The number of thioether (sulfide) groups is 1. The van der Waals surface area contributed by atoms with E-state index < -0.39 is 23.1 Å². The van der Waals surface area contributed by atoms with Gasteiger partial charge in [-0.15, -0.1) is 11.8 Å². The van der Waals surface area contributed by atoms with Crippen molar-refractivity contribution >= 4 is 17.7 Å². The Hall–Kier alpha value is -3.39. The fourth-order valence-electron chi connectivity index (χ4n) is 3.07. The number of benzene rings is 2. The van der Waals surface area contributed by atoms with Gasteiger partial charge in [0.25, 0.3) is 0 Å². The number of ether oxygens (including phenoxy) is 2. The molecular formula is C23H22O7S. The van der Waals surface area contributed by atoms with E-state index >= 15 is 0 Å². The number of aromatic hydroxyl groups is 2. The maximum atomic E-state index is 12.4. The standard InChI is InChI=1S/C23H22O7S/c1-28-20-9-8-14(10-18(20)24)17(12-21(26)29-2)23-22(27)19(25)11-15(30-23)13-31-16-6-4-3-5-7-16/h3-11,17,24,27H,12-13H2,1-2H3/t17-/m0/s1. The first-order valence-electron chi connectivity index (χ1n) is 9.40. The lowest BCUT2D eigenvalue weighted by atomic mass is 9.92. The molecule has 0 unspecified atom stereocenters. The van der Waals surface area contributed by atoms with Crippen molar-refractivity contribution < 1.29 is 28.9 Å². The predicted octanol–water partition coefficient (Wildman–Crippen LogP) is 4.05. The van der Waals surface area contributed by atoms with E-state index in [4.69, 9.17) is 13.9 Å². The third-order valence-corrected chi connectivity index (χ3v) is 5.68. The first kappa shape index (κ1) is 22.3. The lowest BCUT2D eigenvalue weighted by molar-refractivity contribution is -0.140. The van der Waals surface area contributed by atoms with Crippen molar-refractivity contribution in [1.29, 1.82) is 0 Å². The molecule has 0 saturated heterocycles. The third-order valence-electron chi connectivity index (χ3n) is 4.64. The molecule has 0 aliphatic carbocycles. The van der Waals surface area contributed by atoms with Crippen LogP contribution >= 0.6 is 11.8 Å². The molecule has 31 heavy (non-hydrogen) atoms. The SMILES string of the molecule is COC(=O)C[C@@H](c1ccc(OC)c(O)c1)c1oc(CSc2ccccc2)cc(=O)c1O. The zero-order valence-electron chi connectivity index (χ0n) is 17.0. The van der Waals surface area contributed by atoms with Crippen LogP contribution in [0.5, 0.6) is 17.2 Å². The molecule has 0 aliphatic heterocycles. The number of rotatable bonds is 8. The van der Waals surface area contributed by atoms with Crippen molar-refractivity contribution in [2.75, 3.05) is 14.2 Å². The monoisotopic (exact) mass is 442 g/mol. The van der Waals surface area contributed by atoms with Gasteiger partial charge in [-0.05, 0) is 29.8 Å². The Bertz CT molecular complexity index is 1110. The summed E-state index contributed by atoms with van der Waals surface area (Å²) in [6.07, 6.45) is -0.200. The Kier molecular flexibility index (Phi) is 7.25. The highest BCUT2D eigenvalue weighted by molar-refractivity contribution is 7.98. The summed E-state index contributed by atoms with van der Waals surface area (Å²) in [6, 6.07) is 15.4. The van der Waals surface area contributed by atoms with E-state index in [1.165, 1.54) is 44.2 Å². The van der Waals surface area contributed by atoms with Crippen LogP contribution in [-0.2, 0) is 15.3 Å². The van der Waals surface area contributed by atoms with Gasteiger partial charge in [-0.25, -0.2) is 0 Å². The summed E-state index contributed by atoms with van der Waals surface area (Å²) in [6.45, 7) is 0. The minimum Gasteiger partial charge on any atom is -0.504 e. The van der Waals surface area contributed by atoms with Crippen molar-refractivity contribution in [3.8, 4) is 17.2 Å². The zero-order chi connectivity index (χ0) is 22.4. The molecule has 0 aliphatic rings. The highest BCUT2D eigenvalue weighted by atomic mass is 32.2. The lowest BCUT2D eigenvalue weighted by Crippen LogP contribution is -2.14. The summed E-state index contributed by atoms with van der Waals surface area (Å²) in [4.78, 5) is 25.5. The van der Waals surface area contributed by atoms with E-state index in [0.29, 0.717) is 17.1 Å². The minimum atomic E-state index is -0.848. The molecule has 0 fully saturated rings. The Morgan fingerprint density at radius 3 is 2.48 bits per heavy atom. The molecule has 8 heteroatoms. The molecule has 3 rings (SSSR count). The van der Waals surface area contributed by atoms with Crippen LogP contribution in [0.15, 0.2) is 68.7 Å². The first-order chi connectivity index (χ1) is 14.9. The Balaban J connectivity index is 2.01. The summed E-state index contributed by atoms with van der Waals surface area (Å²) in [7, 11) is 2.66. The van der Waals surface area contributed by atoms with Crippen molar-refractivity contribution in [1.82, 2.24) is 0 Å². The molecule has 2 N–H and O–H groups in total. The number of carbonyl (C=O) groups is 1. The molecule has 162 valence electrons. The fourth-order valence-corrected chi connectivity index (χ4v) is 3.87. The molecule has 0 amide bonds. The van der Waals surface area contributed by atoms with E-state index in [9.17, 15) is 19.8 Å². The van der Waals surface area contributed by atoms with E-state index in [1.807, 2.05) is 30.3 Å². The minimum absolute atomic E-state index is 0.0638. The maximum absolute atomic E-state index is 12.4. The second-order valence-corrected chi connectivity index (χ2v) is 7.70. The summed E-state index contributed by atoms with van der Waals surface area (Å²) >= 11 is 1.47. The van der Waals surface area contributed by atoms with Crippen LogP contribution in [0.25, 0.3) is 0 Å². The van der Waals surface area contributed by atoms with Crippen LogP contribution in [0, 0.1) is 0 Å². The smallest absolute Gasteiger partial charge is 0.306 e. The average Bonchev–Trinajstić information content (AvgIpc) is 2.78. The predicted molar refractivity (Wildman–Crippen MR) is 116 cm³/mol. The highest BCUT2D eigenvalue weighted by Gasteiger charge is 2.27. The molecular weight excluding hydrogens is 420 g/mol. The molecule has 7 nitrogen and oxygen atoms in total. The van der Waals surface area contributed by atoms with Gasteiger partial charge < -0.3 is 24.1 Å². The molecule has 1 aromatic heterocycles. The number of phenolic OH excluding ortho intramolecular Hbond substituents is 1. The van der Waals surface area contributed by atoms with Crippen molar-refractivity contribution in [3.05, 3.63) is 81.9 Å². The molecule has 0 saturated carbocycles. The zero-order valence-corrected chi connectivity index (χ0v) is 17.8. The first-order valence-corrected chi connectivity index (χ1v) is 10.4. The molecule has 0 radical (unpaired) electrons. The second-order valence-electron chi connectivity index (χ2n) is 6.66. The Labute approximate surface area is 183 Å². The fraction of sp³-hybridized carbons (Fsp3) is 0.217. The topological polar surface area (TPSA) is 106 Å². The Morgan fingerprint density at radius 1 is 1.10 bits per heavy atom. The summed E-state index contributed by atoms with van der Waals surface area (Å²) in [5.74, 6) is -1.26. The van der Waals surface area contributed by atoms with Gasteiger partial charge in [0.15, 0.2) is 17.3 Å². The normalized spacial score (nSPS) is 11.7. The second kappa shape index (κ2) is 10.1. The molecule has 1 heterocycles. The van der Waals surface area contributed by atoms with Gasteiger partial charge in [-0.2, -0.15) is 0 Å². The molecule has 1 atom stereocenters. The quantitative estimate of drug-likeness (QED) is 0.398. The van der Waals surface area contributed by atoms with Crippen molar-refractivity contribution in [2.45, 2.75) is 23.0 Å². The van der Waals surface area contributed by atoms with Crippen molar-refractivity contribution in [2.24, 2.45) is 0 Å². The van der Waals surface area contributed by atoms with Gasteiger partial charge >= 0.3 is 5.97 Å². The summed E-state index contributed by atoms with van der Waals surface area (Å²) in [5.41, 5.74) is -0.160. The number of carbonyl (C=O) groups excluding carboxylic acids is 1. The van der Waals surface area contributed by atoms with Crippen LogP contribution in [0.4, 0.5) is 0 Å². The van der Waals surface area contributed by atoms with Gasteiger partial charge in [0, 0.05) is 11.0 Å². The highest BCUT2D eigenvalue weighted by Crippen LogP contribution is 2.37. The average molecular weight is 442 g/mol. The largest absolute Gasteiger partial charge is 0.504 e. The van der Waals surface area contributed by atoms with Crippen LogP contribution in [-0.4, -0.2) is 30.4 Å². The van der Waals surface area contributed by atoms with Crippen molar-refractivity contribution in [3.63, 3.8) is 0 Å². The number of esters is 1.